The van der Waals surface area contributed by atoms with Crippen molar-refractivity contribution < 1.29 is 4.74 Å². The van der Waals surface area contributed by atoms with Crippen LogP contribution in [-0.2, 0) is 4.74 Å². The van der Waals surface area contributed by atoms with E-state index in [0.29, 0.717) is 6.04 Å². The summed E-state index contributed by atoms with van der Waals surface area (Å²) in [5, 5.41) is 3.41. The SMILES string of the molecule is C=CCCC(C)NCCCOC=C. The summed E-state index contributed by atoms with van der Waals surface area (Å²) in [5.74, 6) is 0. The third kappa shape index (κ3) is 9.15. The Hall–Kier alpha value is -0.760. The van der Waals surface area contributed by atoms with Crippen molar-refractivity contribution in [2.24, 2.45) is 0 Å². The molecule has 0 amide bonds. The van der Waals surface area contributed by atoms with Crippen LogP contribution in [0.25, 0.3) is 0 Å². The van der Waals surface area contributed by atoms with Crippen LogP contribution in [-0.4, -0.2) is 19.2 Å². The van der Waals surface area contributed by atoms with E-state index in [4.69, 9.17) is 4.74 Å². The zero-order valence-corrected chi connectivity index (χ0v) is 8.59. The molecule has 0 rings (SSSR count). The van der Waals surface area contributed by atoms with Crippen molar-refractivity contribution in [2.75, 3.05) is 13.2 Å². The van der Waals surface area contributed by atoms with Gasteiger partial charge in [-0.3, -0.25) is 0 Å². The monoisotopic (exact) mass is 183 g/mol. The van der Waals surface area contributed by atoms with Gasteiger partial charge in [-0.1, -0.05) is 12.7 Å². The lowest BCUT2D eigenvalue weighted by atomic mass is 10.2. The van der Waals surface area contributed by atoms with Gasteiger partial charge in [-0.2, -0.15) is 0 Å². The minimum Gasteiger partial charge on any atom is -0.502 e. The largest absolute Gasteiger partial charge is 0.502 e. The van der Waals surface area contributed by atoms with Crippen molar-refractivity contribution in [1.29, 1.82) is 0 Å². The molecule has 0 aliphatic rings. The Balaban J connectivity index is 3.11. The first kappa shape index (κ1) is 12.2. The van der Waals surface area contributed by atoms with Crippen LogP contribution in [0.15, 0.2) is 25.5 Å². The predicted molar refractivity (Wildman–Crippen MR) is 57.7 cm³/mol. The second-order valence-electron chi connectivity index (χ2n) is 3.11. The number of hydrogen-bond donors (Lipinski definition) is 1. The molecule has 2 heteroatoms. The molecule has 0 saturated carbocycles. The van der Waals surface area contributed by atoms with Crippen LogP contribution in [0, 0.1) is 0 Å². The quantitative estimate of drug-likeness (QED) is 0.337. The lowest BCUT2D eigenvalue weighted by Gasteiger charge is -2.12. The Morgan fingerprint density at radius 2 is 2.23 bits per heavy atom. The van der Waals surface area contributed by atoms with Gasteiger partial charge in [-0.15, -0.1) is 6.58 Å². The van der Waals surface area contributed by atoms with Gasteiger partial charge in [0.05, 0.1) is 12.9 Å². The number of ether oxygens (including phenoxy) is 1. The van der Waals surface area contributed by atoms with Gasteiger partial charge in [0.1, 0.15) is 0 Å². The standard InChI is InChI=1S/C11H21NO/c1-4-6-8-11(3)12-9-7-10-13-5-2/h4-5,11-12H,1-2,6-10H2,3H3. The maximum Gasteiger partial charge on any atom is 0.0885 e. The second kappa shape index (κ2) is 9.33. The van der Waals surface area contributed by atoms with Gasteiger partial charge in [0.25, 0.3) is 0 Å². The number of rotatable bonds is 9. The Labute approximate surface area is 81.7 Å². The minimum absolute atomic E-state index is 0.571. The maximum absolute atomic E-state index is 5.00. The lowest BCUT2D eigenvalue weighted by molar-refractivity contribution is 0.243. The highest BCUT2D eigenvalue weighted by Crippen LogP contribution is 1.96. The van der Waals surface area contributed by atoms with Crippen LogP contribution < -0.4 is 5.32 Å². The molecule has 1 unspecified atom stereocenters. The van der Waals surface area contributed by atoms with E-state index in [1.165, 1.54) is 6.26 Å². The molecule has 0 aromatic rings. The third-order valence-corrected chi connectivity index (χ3v) is 1.85. The third-order valence-electron chi connectivity index (χ3n) is 1.85. The van der Waals surface area contributed by atoms with Crippen LogP contribution in [0.2, 0.25) is 0 Å². The molecule has 0 aromatic carbocycles. The normalized spacial score (nSPS) is 12.1. The Kier molecular flexibility index (Phi) is 8.78. The van der Waals surface area contributed by atoms with Crippen molar-refractivity contribution >= 4 is 0 Å². The molecule has 0 aliphatic heterocycles. The van der Waals surface area contributed by atoms with Crippen LogP contribution in [0.5, 0.6) is 0 Å². The molecule has 76 valence electrons. The van der Waals surface area contributed by atoms with E-state index in [0.717, 1.165) is 32.4 Å². The highest BCUT2D eigenvalue weighted by Gasteiger charge is 1.97. The highest BCUT2D eigenvalue weighted by molar-refractivity contribution is 4.70. The molecule has 1 N–H and O–H groups in total. The fourth-order valence-corrected chi connectivity index (χ4v) is 1.06. The van der Waals surface area contributed by atoms with Crippen molar-refractivity contribution in [3.63, 3.8) is 0 Å². The Morgan fingerprint density at radius 1 is 1.46 bits per heavy atom. The summed E-state index contributed by atoms with van der Waals surface area (Å²) >= 11 is 0. The molecule has 2 nitrogen and oxygen atoms in total. The van der Waals surface area contributed by atoms with Crippen LogP contribution >= 0.6 is 0 Å². The van der Waals surface area contributed by atoms with Crippen molar-refractivity contribution in [1.82, 2.24) is 5.32 Å². The van der Waals surface area contributed by atoms with E-state index < -0.39 is 0 Å². The zero-order chi connectivity index (χ0) is 9.94. The van der Waals surface area contributed by atoms with Gasteiger partial charge < -0.3 is 10.1 Å². The van der Waals surface area contributed by atoms with Crippen LogP contribution in [0.4, 0.5) is 0 Å². The first-order valence-corrected chi connectivity index (χ1v) is 4.88. The molecule has 13 heavy (non-hydrogen) atoms. The summed E-state index contributed by atoms with van der Waals surface area (Å²) in [5.41, 5.74) is 0. The van der Waals surface area contributed by atoms with E-state index in [1.54, 1.807) is 0 Å². The topological polar surface area (TPSA) is 21.3 Å². The van der Waals surface area contributed by atoms with E-state index in [-0.39, 0.29) is 0 Å². The van der Waals surface area contributed by atoms with Gasteiger partial charge in [-0.05, 0) is 32.7 Å². The molecular weight excluding hydrogens is 162 g/mol. The molecule has 1 atom stereocenters. The van der Waals surface area contributed by atoms with Gasteiger partial charge in [0.15, 0.2) is 0 Å². The molecule has 0 fully saturated rings. The summed E-state index contributed by atoms with van der Waals surface area (Å²) in [4.78, 5) is 0. The molecular formula is C11H21NO. The maximum atomic E-state index is 5.00. The molecule has 0 saturated heterocycles. The number of nitrogens with one attached hydrogen (secondary N) is 1. The average molecular weight is 183 g/mol. The molecule has 0 aromatic heterocycles. The molecule has 0 bridgehead atoms. The van der Waals surface area contributed by atoms with E-state index in [9.17, 15) is 0 Å². The fourth-order valence-electron chi connectivity index (χ4n) is 1.06. The first-order chi connectivity index (χ1) is 6.31. The van der Waals surface area contributed by atoms with Gasteiger partial charge >= 0.3 is 0 Å². The molecule has 0 radical (unpaired) electrons. The van der Waals surface area contributed by atoms with Crippen LogP contribution in [0.3, 0.4) is 0 Å². The average Bonchev–Trinajstić information content (AvgIpc) is 2.14. The lowest BCUT2D eigenvalue weighted by Crippen LogP contribution is -2.27. The fraction of sp³-hybridized carbons (Fsp3) is 0.636. The van der Waals surface area contributed by atoms with Gasteiger partial charge in [0, 0.05) is 6.04 Å². The van der Waals surface area contributed by atoms with Crippen molar-refractivity contribution in [2.45, 2.75) is 32.2 Å². The van der Waals surface area contributed by atoms with Crippen LogP contribution in [0.1, 0.15) is 26.2 Å². The van der Waals surface area contributed by atoms with E-state index >= 15 is 0 Å². The molecule has 0 spiro atoms. The molecule has 0 heterocycles. The summed E-state index contributed by atoms with van der Waals surface area (Å²) in [6, 6.07) is 0.571. The van der Waals surface area contributed by atoms with E-state index in [1.807, 2.05) is 6.08 Å². The highest BCUT2D eigenvalue weighted by atomic mass is 16.5. The summed E-state index contributed by atoms with van der Waals surface area (Å²) in [6.45, 7) is 11.1. The number of allylic oxidation sites excluding steroid dienone is 1. The zero-order valence-electron chi connectivity index (χ0n) is 8.59. The second-order valence-corrected chi connectivity index (χ2v) is 3.11. The van der Waals surface area contributed by atoms with Gasteiger partial charge in [-0.25, -0.2) is 0 Å². The molecule has 0 aliphatic carbocycles. The van der Waals surface area contributed by atoms with E-state index in [2.05, 4.69) is 25.4 Å². The smallest absolute Gasteiger partial charge is 0.0885 e. The minimum atomic E-state index is 0.571. The first-order valence-electron chi connectivity index (χ1n) is 4.88. The summed E-state index contributed by atoms with van der Waals surface area (Å²) < 4.78 is 5.00. The predicted octanol–water partition coefficient (Wildman–Crippen LogP) is 2.48. The summed E-state index contributed by atoms with van der Waals surface area (Å²) in [6.07, 6.45) is 6.72. The summed E-state index contributed by atoms with van der Waals surface area (Å²) in [7, 11) is 0. The Bertz CT molecular complexity index is 134. The van der Waals surface area contributed by atoms with Crippen molar-refractivity contribution in [3.05, 3.63) is 25.5 Å². The van der Waals surface area contributed by atoms with Gasteiger partial charge in [0.2, 0.25) is 0 Å². The van der Waals surface area contributed by atoms with Crippen molar-refractivity contribution in [3.8, 4) is 0 Å². The number of hydrogen-bond acceptors (Lipinski definition) is 2. The Morgan fingerprint density at radius 3 is 2.85 bits per heavy atom.